The topological polar surface area (TPSA) is 61.4 Å². The molecule has 0 heterocycles. The van der Waals surface area contributed by atoms with Gasteiger partial charge in [-0.25, -0.2) is 4.79 Å². The van der Waals surface area contributed by atoms with Crippen LogP contribution >= 0.6 is 23.8 Å². The van der Waals surface area contributed by atoms with E-state index in [2.05, 4.69) is 10.6 Å². The molecular formula is C14H11ClN2O2S. The van der Waals surface area contributed by atoms with E-state index in [1.54, 1.807) is 36.4 Å². The maximum absolute atomic E-state index is 10.9. The summed E-state index contributed by atoms with van der Waals surface area (Å²) in [6.45, 7) is 0. The Kier molecular flexibility index (Phi) is 4.55. The quantitative estimate of drug-likeness (QED) is 0.752. The van der Waals surface area contributed by atoms with Crippen LogP contribution in [0.2, 0.25) is 5.02 Å². The van der Waals surface area contributed by atoms with Crippen molar-refractivity contribution >= 4 is 46.3 Å². The van der Waals surface area contributed by atoms with E-state index in [9.17, 15) is 4.79 Å². The Hall–Kier alpha value is -2.11. The van der Waals surface area contributed by atoms with E-state index >= 15 is 0 Å². The Morgan fingerprint density at radius 2 is 1.70 bits per heavy atom. The second kappa shape index (κ2) is 6.36. The summed E-state index contributed by atoms with van der Waals surface area (Å²) in [5, 5.41) is 15.8. The second-order valence-electron chi connectivity index (χ2n) is 3.97. The predicted octanol–water partition coefficient (Wildman–Crippen LogP) is 3.85. The number of aromatic carboxylic acids is 1. The summed E-state index contributed by atoms with van der Waals surface area (Å²) in [7, 11) is 0. The van der Waals surface area contributed by atoms with Gasteiger partial charge in [0.15, 0.2) is 5.11 Å². The molecule has 0 spiro atoms. The first kappa shape index (κ1) is 14.3. The van der Waals surface area contributed by atoms with Crippen LogP contribution in [0.3, 0.4) is 0 Å². The Balaban J connectivity index is 2.02. The maximum atomic E-state index is 10.9. The molecule has 0 aliphatic heterocycles. The van der Waals surface area contributed by atoms with Crippen LogP contribution in [-0.4, -0.2) is 16.2 Å². The molecule has 6 heteroatoms. The van der Waals surface area contributed by atoms with Gasteiger partial charge in [-0.05, 0) is 54.7 Å². The standard InChI is InChI=1S/C14H11ClN2O2S/c15-10-4-6-11(7-5-10)16-14(20)17-12-3-1-2-9(8-12)13(18)19/h1-8H,(H,18,19)(H2,16,17,20). The predicted molar refractivity (Wildman–Crippen MR) is 84.7 cm³/mol. The average molecular weight is 307 g/mol. The van der Waals surface area contributed by atoms with E-state index in [0.717, 1.165) is 5.69 Å². The van der Waals surface area contributed by atoms with Crippen molar-refractivity contribution in [2.24, 2.45) is 0 Å². The van der Waals surface area contributed by atoms with Gasteiger partial charge in [-0.1, -0.05) is 17.7 Å². The van der Waals surface area contributed by atoms with Crippen molar-refractivity contribution in [2.45, 2.75) is 0 Å². The summed E-state index contributed by atoms with van der Waals surface area (Å²) in [4.78, 5) is 10.9. The van der Waals surface area contributed by atoms with Crippen molar-refractivity contribution in [2.75, 3.05) is 10.6 Å². The van der Waals surface area contributed by atoms with Crippen LogP contribution in [0.5, 0.6) is 0 Å². The monoisotopic (exact) mass is 306 g/mol. The zero-order valence-corrected chi connectivity index (χ0v) is 11.8. The molecule has 0 unspecified atom stereocenters. The Labute approximate surface area is 126 Å². The van der Waals surface area contributed by atoms with Crippen LogP contribution < -0.4 is 10.6 Å². The minimum atomic E-state index is -0.981. The molecule has 3 N–H and O–H groups in total. The smallest absolute Gasteiger partial charge is 0.335 e. The molecule has 0 aliphatic rings. The van der Waals surface area contributed by atoms with E-state index in [1.807, 2.05) is 0 Å². The third-order valence-electron chi connectivity index (χ3n) is 2.47. The molecule has 2 aromatic carbocycles. The molecule has 0 fully saturated rings. The molecule has 0 aliphatic carbocycles. The second-order valence-corrected chi connectivity index (χ2v) is 4.82. The molecule has 0 amide bonds. The van der Waals surface area contributed by atoms with Crippen LogP contribution in [0, 0.1) is 0 Å². The van der Waals surface area contributed by atoms with Gasteiger partial charge in [0.2, 0.25) is 0 Å². The van der Waals surface area contributed by atoms with Gasteiger partial charge < -0.3 is 15.7 Å². The number of anilines is 2. The number of nitrogens with one attached hydrogen (secondary N) is 2. The summed E-state index contributed by atoms with van der Waals surface area (Å²) >= 11 is 11.0. The average Bonchev–Trinajstić information content (AvgIpc) is 2.41. The maximum Gasteiger partial charge on any atom is 0.335 e. The Morgan fingerprint density at radius 1 is 1.05 bits per heavy atom. The fraction of sp³-hybridized carbons (Fsp3) is 0. The van der Waals surface area contributed by atoms with Crippen molar-refractivity contribution in [3.05, 3.63) is 59.1 Å². The Bertz CT molecular complexity index is 644. The highest BCUT2D eigenvalue weighted by atomic mass is 35.5. The molecule has 102 valence electrons. The van der Waals surface area contributed by atoms with Crippen molar-refractivity contribution in [3.63, 3.8) is 0 Å². The van der Waals surface area contributed by atoms with Gasteiger partial charge in [0.25, 0.3) is 0 Å². The summed E-state index contributed by atoms with van der Waals surface area (Å²) < 4.78 is 0. The molecule has 4 nitrogen and oxygen atoms in total. The fourth-order valence-corrected chi connectivity index (χ4v) is 1.92. The highest BCUT2D eigenvalue weighted by Gasteiger charge is 2.04. The highest BCUT2D eigenvalue weighted by molar-refractivity contribution is 7.80. The van der Waals surface area contributed by atoms with Gasteiger partial charge in [0.05, 0.1) is 5.56 Å². The molecule has 0 atom stereocenters. The number of carboxylic acids is 1. The molecule has 0 saturated carbocycles. The summed E-state index contributed by atoms with van der Waals surface area (Å²) in [5.41, 5.74) is 1.60. The van der Waals surface area contributed by atoms with E-state index < -0.39 is 5.97 Å². The molecule has 2 aromatic rings. The lowest BCUT2D eigenvalue weighted by Crippen LogP contribution is -2.19. The summed E-state index contributed by atoms with van der Waals surface area (Å²) in [6.07, 6.45) is 0. The third-order valence-corrected chi connectivity index (χ3v) is 2.93. The van der Waals surface area contributed by atoms with Crippen LogP contribution in [0.1, 0.15) is 10.4 Å². The normalized spacial score (nSPS) is 9.85. The number of halogens is 1. The largest absolute Gasteiger partial charge is 0.478 e. The number of hydrogen-bond acceptors (Lipinski definition) is 2. The number of carboxylic acid groups (broad SMARTS) is 1. The van der Waals surface area contributed by atoms with Crippen LogP contribution in [-0.2, 0) is 0 Å². The summed E-state index contributed by atoms with van der Waals surface area (Å²) in [6, 6.07) is 13.5. The van der Waals surface area contributed by atoms with E-state index in [0.29, 0.717) is 15.8 Å². The summed E-state index contributed by atoms with van der Waals surface area (Å²) in [5.74, 6) is -0.981. The molecule has 0 aromatic heterocycles. The number of benzene rings is 2. The number of hydrogen-bond donors (Lipinski definition) is 3. The van der Waals surface area contributed by atoms with E-state index in [4.69, 9.17) is 28.9 Å². The highest BCUT2D eigenvalue weighted by Crippen LogP contribution is 2.15. The van der Waals surface area contributed by atoms with E-state index in [-0.39, 0.29) is 5.56 Å². The molecule has 0 bridgehead atoms. The van der Waals surface area contributed by atoms with Crippen molar-refractivity contribution in [1.29, 1.82) is 0 Å². The van der Waals surface area contributed by atoms with E-state index in [1.165, 1.54) is 12.1 Å². The zero-order valence-electron chi connectivity index (χ0n) is 10.3. The first-order chi connectivity index (χ1) is 9.54. The van der Waals surface area contributed by atoms with Gasteiger partial charge >= 0.3 is 5.97 Å². The van der Waals surface area contributed by atoms with Crippen molar-refractivity contribution in [1.82, 2.24) is 0 Å². The molecule has 0 saturated heterocycles. The number of rotatable bonds is 3. The lowest BCUT2D eigenvalue weighted by atomic mass is 10.2. The van der Waals surface area contributed by atoms with Crippen molar-refractivity contribution < 1.29 is 9.90 Å². The Morgan fingerprint density at radius 3 is 2.35 bits per heavy atom. The van der Waals surface area contributed by atoms with Gasteiger partial charge in [0.1, 0.15) is 0 Å². The molecule has 0 radical (unpaired) electrons. The molecular weight excluding hydrogens is 296 g/mol. The number of carbonyl (C=O) groups is 1. The first-order valence-electron chi connectivity index (χ1n) is 5.71. The number of thiocarbonyl (C=S) groups is 1. The SMILES string of the molecule is O=C(O)c1cccc(NC(=S)Nc2ccc(Cl)cc2)c1. The van der Waals surface area contributed by atoms with Crippen LogP contribution in [0.25, 0.3) is 0 Å². The van der Waals surface area contributed by atoms with Gasteiger partial charge in [-0.3, -0.25) is 0 Å². The molecule has 2 rings (SSSR count). The lowest BCUT2D eigenvalue weighted by molar-refractivity contribution is 0.0697. The molecule has 20 heavy (non-hydrogen) atoms. The van der Waals surface area contributed by atoms with Crippen LogP contribution in [0.4, 0.5) is 11.4 Å². The first-order valence-corrected chi connectivity index (χ1v) is 6.50. The van der Waals surface area contributed by atoms with Crippen molar-refractivity contribution in [3.8, 4) is 0 Å². The third kappa shape index (κ3) is 3.94. The van der Waals surface area contributed by atoms with Gasteiger partial charge in [-0.15, -0.1) is 0 Å². The van der Waals surface area contributed by atoms with Gasteiger partial charge in [0, 0.05) is 16.4 Å². The minimum absolute atomic E-state index is 0.198. The minimum Gasteiger partial charge on any atom is -0.478 e. The lowest BCUT2D eigenvalue weighted by Gasteiger charge is -2.11. The van der Waals surface area contributed by atoms with Gasteiger partial charge in [-0.2, -0.15) is 0 Å². The van der Waals surface area contributed by atoms with Crippen LogP contribution in [0.15, 0.2) is 48.5 Å². The zero-order chi connectivity index (χ0) is 14.5. The fourth-order valence-electron chi connectivity index (χ4n) is 1.56.